The average molecular weight is 818 g/mol. The smallest absolute Gasteiger partial charge is 0.410 e. The molecule has 0 unspecified atom stereocenters. The maximum atomic E-state index is 14.0. The van der Waals surface area contributed by atoms with Gasteiger partial charge in [0.05, 0.1) is 13.2 Å². The molecule has 4 aliphatic rings. The summed E-state index contributed by atoms with van der Waals surface area (Å²) in [6.07, 6.45) is 2.47. The Labute approximate surface area is 334 Å². The zero-order chi connectivity index (χ0) is 40.0. The van der Waals surface area contributed by atoms with Crippen molar-refractivity contribution in [2.24, 2.45) is 0 Å². The standard InChI is InChI=1S/C23H33ClF2N2O3.C18H25ClF2N2O/c1-22(2,3)31-21(29)27-11-9-18(10-12-27)28-14-20(23(4,25)26)30-15-19(28)13-16-5-7-17(24)8-6-16;1-18(20,21)17-11-23(15-6-8-22-9-7-15)16(12-24-17)10-13-2-4-14(19)5-3-13/h5-8,18-20H,9-15H2,1-4H3;2-5,15-17,22H,6-12H2,1H3/t19-,20+;16-,17+/m00/s1. The Morgan fingerprint density at radius 1 is 0.709 bits per heavy atom. The van der Waals surface area contributed by atoms with Crippen LogP contribution < -0.4 is 5.32 Å². The number of rotatable bonds is 8. The van der Waals surface area contributed by atoms with Gasteiger partial charge in [0.15, 0.2) is 0 Å². The van der Waals surface area contributed by atoms with Crippen molar-refractivity contribution in [1.82, 2.24) is 20.0 Å². The summed E-state index contributed by atoms with van der Waals surface area (Å²) >= 11 is 11.9. The van der Waals surface area contributed by atoms with Gasteiger partial charge in [-0.2, -0.15) is 0 Å². The number of likely N-dealkylation sites (tertiary alicyclic amines) is 1. The number of alkyl halides is 4. The topological polar surface area (TPSA) is 66.5 Å². The number of piperidine rings is 2. The highest BCUT2D eigenvalue weighted by Gasteiger charge is 2.45. The minimum absolute atomic E-state index is 0.00199. The number of hydrogen-bond donors (Lipinski definition) is 1. The molecule has 55 heavy (non-hydrogen) atoms. The summed E-state index contributed by atoms with van der Waals surface area (Å²) in [6.45, 7) is 11.5. The predicted molar refractivity (Wildman–Crippen MR) is 209 cm³/mol. The molecule has 2 aromatic carbocycles. The van der Waals surface area contributed by atoms with E-state index in [1.165, 1.54) is 0 Å². The molecule has 4 saturated heterocycles. The van der Waals surface area contributed by atoms with Crippen LogP contribution in [0.1, 0.15) is 71.4 Å². The Kier molecular flexibility index (Phi) is 15.2. The number of morpholine rings is 2. The molecule has 4 aliphatic heterocycles. The van der Waals surface area contributed by atoms with Crippen molar-refractivity contribution in [3.05, 3.63) is 69.7 Å². The molecular formula is C41H58Cl2F4N4O4. The van der Waals surface area contributed by atoms with Crippen LogP contribution in [0.25, 0.3) is 0 Å². The average Bonchev–Trinajstić information content (AvgIpc) is 3.13. The van der Waals surface area contributed by atoms with E-state index in [9.17, 15) is 22.4 Å². The molecule has 4 fully saturated rings. The molecular weight excluding hydrogens is 759 g/mol. The van der Waals surface area contributed by atoms with E-state index in [1.807, 2.05) is 69.3 Å². The van der Waals surface area contributed by atoms with Crippen LogP contribution in [0.5, 0.6) is 0 Å². The lowest BCUT2D eigenvalue weighted by Gasteiger charge is -2.47. The number of carbonyl (C=O) groups excluding carboxylic acids is 1. The Hall–Kier alpha value is -2.19. The van der Waals surface area contributed by atoms with Gasteiger partial charge in [-0.15, -0.1) is 0 Å². The van der Waals surface area contributed by atoms with Crippen LogP contribution in [0, 0.1) is 0 Å². The second-order valence-electron chi connectivity index (χ2n) is 16.6. The number of nitrogens with one attached hydrogen (secondary N) is 1. The third-order valence-corrected chi connectivity index (χ3v) is 11.4. The van der Waals surface area contributed by atoms with Crippen molar-refractivity contribution < 1.29 is 36.6 Å². The number of nitrogens with zero attached hydrogens (tertiary/aromatic N) is 3. The fourth-order valence-corrected chi connectivity index (χ4v) is 8.17. The Morgan fingerprint density at radius 2 is 1.11 bits per heavy atom. The van der Waals surface area contributed by atoms with Crippen molar-refractivity contribution in [1.29, 1.82) is 0 Å². The van der Waals surface area contributed by atoms with Gasteiger partial charge in [-0.1, -0.05) is 47.5 Å². The molecule has 1 amide bonds. The minimum Gasteiger partial charge on any atom is -0.444 e. The molecule has 2 aromatic rings. The summed E-state index contributed by atoms with van der Waals surface area (Å²) in [5.41, 5.74) is 1.71. The monoisotopic (exact) mass is 816 g/mol. The van der Waals surface area contributed by atoms with E-state index in [2.05, 4.69) is 15.1 Å². The van der Waals surface area contributed by atoms with Crippen LogP contribution in [0.2, 0.25) is 10.0 Å². The Bertz CT molecular complexity index is 1490. The first-order chi connectivity index (χ1) is 25.9. The molecule has 14 heteroatoms. The van der Waals surface area contributed by atoms with E-state index in [1.54, 1.807) is 4.90 Å². The van der Waals surface area contributed by atoms with Crippen LogP contribution in [0.15, 0.2) is 48.5 Å². The first kappa shape index (κ1) is 43.9. The number of hydrogen-bond acceptors (Lipinski definition) is 7. The SMILES string of the molecule is CC(C)(C)OC(=O)N1CCC(N2C[C@H](C(C)(F)F)OC[C@@H]2Cc2ccc(Cl)cc2)CC1.CC(F)(F)[C@H]1CN(C2CCNCC2)[C@@H](Cc2ccc(Cl)cc2)CO1. The molecule has 308 valence electrons. The van der Waals surface area contributed by atoms with E-state index in [0.29, 0.717) is 48.7 Å². The number of benzene rings is 2. The zero-order valence-electron chi connectivity index (χ0n) is 32.7. The van der Waals surface area contributed by atoms with E-state index >= 15 is 0 Å². The van der Waals surface area contributed by atoms with Gasteiger partial charge in [-0.3, -0.25) is 9.80 Å². The van der Waals surface area contributed by atoms with Gasteiger partial charge in [-0.25, -0.2) is 22.4 Å². The molecule has 8 nitrogen and oxygen atoms in total. The van der Waals surface area contributed by atoms with Crippen molar-refractivity contribution in [2.75, 3.05) is 52.5 Å². The molecule has 0 radical (unpaired) electrons. The van der Waals surface area contributed by atoms with Crippen molar-refractivity contribution >= 4 is 29.3 Å². The molecule has 4 atom stereocenters. The summed E-state index contributed by atoms with van der Waals surface area (Å²) in [5, 5.41) is 4.72. The van der Waals surface area contributed by atoms with Gasteiger partial charge in [0, 0.05) is 74.2 Å². The highest BCUT2D eigenvalue weighted by Crippen LogP contribution is 2.32. The predicted octanol–water partition coefficient (Wildman–Crippen LogP) is 8.37. The highest BCUT2D eigenvalue weighted by molar-refractivity contribution is 6.30. The van der Waals surface area contributed by atoms with Gasteiger partial charge >= 0.3 is 6.09 Å². The number of ether oxygens (including phenoxy) is 3. The Balaban J connectivity index is 0.000000218. The lowest BCUT2D eigenvalue weighted by Crippen LogP contribution is -2.60. The normalized spacial score (nSPS) is 25.6. The van der Waals surface area contributed by atoms with E-state index in [-0.39, 0.29) is 37.4 Å². The molecule has 4 heterocycles. The molecule has 6 rings (SSSR count). The molecule has 1 N–H and O–H groups in total. The van der Waals surface area contributed by atoms with Gasteiger partial charge in [0.1, 0.15) is 17.8 Å². The van der Waals surface area contributed by atoms with Crippen molar-refractivity contribution in [3.63, 3.8) is 0 Å². The third-order valence-electron chi connectivity index (χ3n) is 10.9. The summed E-state index contributed by atoms with van der Waals surface area (Å²) < 4.78 is 72.2. The third kappa shape index (κ3) is 13.2. The first-order valence-corrected chi connectivity index (χ1v) is 20.3. The molecule has 0 spiro atoms. The minimum atomic E-state index is -2.90. The molecule has 0 saturated carbocycles. The largest absolute Gasteiger partial charge is 0.444 e. The van der Waals surface area contributed by atoms with Crippen LogP contribution in [-0.2, 0) is 27.1 Å². The van der Waals surface area contributed by atoms with Crippen LogP contribution >= 0.6 is 23.2 Å². The molecule has 0 bridgehead atoms. The second-order valence-corrected chi connectivity index (χ2v) is 17.5. The van der Waals surface area contributed by atoms with Crippen molar-refractivity contribution in [3.8, 4) is 0 Å². The zero-order valence-corrected chi connectivity index (χ0v) is 34.2. The summed E-state index contributed by atoms with van der Waals surface area (Å²) in [4.78, 5) is 18.5. The lowest BCUT2D eigenvalue weighted by atomic mass is 9.95. The van der Waals surface area contributed by atoms with E-state index < -0.39 is 29.7 Å². The highest BCUT2D eigenvalue weighted by atomic mass is 35.5. The quantitative estimate of drug-likeness (QED) is 0.269. The van der Waals surface area contributed by atoms with Crippen LogP contribution in [0.4, 0.5) is 22.4 Å². The Morgan fingerprint density at radius 3 is 1.49 bits per heavy atom. The van der Waals surface area contributed by atoms with Crippen molar-refractivity contribution in [2.45, 2.75) is 127 Å². The molecule has 0 aliphatic carbocycles. The summed E-state index contributed by atoms with van der Waals surface area (Å²) in [6, 6.07) is 16.0. The van der Waals surface area contributed by atoms with Gasteiger partial charge < -0.3 is 24.4 Å². The number of halogens is 6. The van der Waals surface area contributed by atoms with E-state index in [4.69, 9.17) is 37.4 Å². The fraction of sp³-hybridized carbons (Fsp3) is 0.683. The van der Waals surface area contributed by atoms with Gasteiger partial charge in [0.2, 0.25) is 0 Å². The first-order valence-electron chi connectivity index (χ1n) is 19.5. The molecule has 0 aromatic heterocycles. The maximum absolute atomic E-state index is 14.0. The maximum Gasteiger partial charge on any atom is 0.410 e. The van der Waals surface area contributed by atoms with Crippen LogP contribution in [0.3, 0.4) is 0 Å². The van der Waals surface area contributed by atoms with Crippen LogP contribution in [-0.4, -0.2) is 127 Å². The lowest BCUT2D eigenvalue weighted by molar-refractivity contribution is -0.179. The summed E-state index contributed by atoms with van der Waals surface area (Å²) in [7, 11) is 0. The fourth-order valence-electron chi connectivity index (χ4n) is 7.92. The van der Waals surface area contributed by atoms with E-state index in [0.717, 1.165) is 70.2 Å². The number of amides is 1. The van der Waals surface area contributed by atoms with Gasteiger partial charge in [-0.05, 0) is 108 Å². The summed E-state index contributed by atoms with van der Waals surface area (Å²) in [5.74, 6) is -5.71. The second kappa shape index (κ2) is 19.0. The van der Waals surface area contributed by atoms with Gasteiger partial charge in [0.25, 0.3) is 11.8 Å². The number of carbonyl (C=O) groups is 1.